The maximum atomic E-state index is 12.5. The van der Waals surface area contributed by atoms with E-state index in [1.807, 2.05) is 0 Å². The number of rotatable bonds is 5. The molecule has 0 bridgehead atoms. The first kappa shape index (κ1) is 20.9. The minimum atomic E-state index is -3.79. The number of hydrogen-bond donors (Lipinski definition) is 0. The minimum Gasteiger partial charge on any atom is -0.410 e. The van der Waals surface area contributed by atoms with E-state index in [-0.39, 0.29) is 10.5 Å². The lowest BCUT2D eigenvalue weighted by atomic mass is 10.0. The number of amides is 1. The number of carbonyl (C=O) groups excluding carboxylic acids is 2. The van der Waals surface area contributed by atoms with Gasteiger partial charge in [-0.2, -0.15) is 0 Å². The second-order valence-corrected chi connectivity index (χ2v) is 8.76. The topological polar surface area (TPSA) is 80.7 Å². The molecule has 0 saturated carbocycles. The van der Waals surface area contributed by atoms with Crippen LogP contribution < -0.4 is 4.74 Å². The van der Waals surface area contributed by atoms with Gasteiger partial charge >= 0.3 is 6.09 Å². The summed E-state index contributed by atoms with van der Waals surface area (Å²) in [5.74, 6) is -0.850. The lowest BCUT2D eigenvalue weighted by molar-refractivity contribution is 0.102. The standard InChI is InChI=1S/C19H20ClNO5S/c1-12-9-14(10-13(2)18(12)26-19(23)21(3)4)17(22)11-27(24,25)16-7-5-15(20)6-8-16/h5-10H,11H2,1-4H3. The van der Waals surface area contributed by atoms with Crippen LogP contribution in [0.5, 0.6) is 5.75 Å². The predicted octanol–water partition coefficient (Wildman–Crippen LogP) is 3.67. The first-order valence-electron chi connectivity index (χ1n) is 8.03. The monoisotopic (exact) mass is 409 g/mol. The van der Waals surface area contributed by atoms with Crippen molar-refractivity contribution in [1.82, 2.24) is 4.90 Å². The minimum absolute atomic E-state index is 0.0326. The van der Waals surface area contributed by atoms with E-state index in [1.165, 1.54) is 41.3 Å². The largest absolute Gasteiger partial charge is 0.414 e. The molecule has 27 heavy (non-hydrogen) atoms. The van der Waals surface area contributed by atoms with Crippen LogP contribution in [0.2, 0.25) is 5.02 Å². The van der Waals surface area contributed by atoms with Crippen LogP contribution >= 0.6 is 11.6 Å². The number of benzene rings is 2. The van der Waals surface area contributed by atoms with Gasteiger partial charge in [-0.15, -0.1) is 0 Å². The van der Waals surface area contributed by atoms with Crippen molar-refractivity contribution in [2.45, 2.75) is 18.7 Å². The third-order valence-electron chi connectivity index (χ3n) is 3.83. The van der Waals surface area contributed by atoms with E-state index in [0.29, 0.717) is 21.9 Å². The Morgan fingerprint density at radius 2 is 1.56 bits per heavy atom. The highest BCUT2D eigenvalue weighted by Crippen LogP contribution is 2.26. The van der Waals surface area contributed by atoms with E-state index in [2.05, 4.69) is 0 Å². The summed E-state index contributed by atoms with van der Waals surface area (Å²) in [5, 5.41) is 0.411. The molecule has 0 aliphatic carbocycles. The molecule has 0 unspecified atom stereocenters. The number of aryl methyl sites for hydroxylation is 2. The van der Waals surface area contributed by atoms with E-state index in [9.17, 15) is 18.0 Å². The Labute approximate surface area is 163 Å². The highest BCUT2D eigenvalue weighted by atomic mass is 35.5. The highest BCUT2D eigenvalue weighted by Gasteiger charge is 2.22. The number of ether oxygens (including phenoxy) is 1. The zero-order valence-electron chi connectivity index (χ0n) is 15.4. The molecule has 2 aromatic rings. The molecule has 8 heteroatoms. The van der Waals surface area contributed by atoms with E-state index in [1.54, 1.807) is 27.9 Å². The van der Waals surface area contributed by atoms with Crippen LogP contribution in [-0.4, -0.2) is 45.0 Å². The fourth-order valence-corrected chi connectivity index (χ4v) is 3.79. The molecule has 0 saturated heterocycles. The van der Waals surface area contributed by atoms with Crippen molar-refractivity contribution in [3.63, 3.8) is 0 Å². The van der Waals surface area contributed by atoms with Crippen LogP contribution in [0.15, 0.2) is 41.3 Å². The zero-order valence-corrected chi connectivity index (χ0v) is 17.0. The Morgan fingerprint density at radius 3 is 2.04 bits per heavy atom. The normalized spacial score (nSPS) is 11.1. The Bertz CT molecular complexity index is 959. The maximum absolute atomic E-state index is 12.5. The Hall–Kier alpha value is -2.38. The first-order valence-corrected chi connectivity index (χ1v) is 10.1. The molecule has 0 N–H and O–H groups in total. The quantitative estimate of drug-likeness (QED) is 0.704. The van der Waals surface area contributed by atoms with Gasteiger partial charge in [0.15, 0.2) is 15.6 Å². The number of ketones is 1. The number of nitrogens with zero attached hydrogens (tertiary/aromatic N) is 1. The van der Waals surface area contributed by atoms with Crippen molar-refractivity contribution in [3.05, 3.63) is 58.1 Å². The number of carbonyl (C=O) groups is 2. The number of sulfone groups is 1. The number of halogens is 1. The van der Waals surface area contributed by atoms with Gasteiger partial charge in [-0.3, -0.25) is 4.79 Å². The molecule has 0 atom stereocenters. The summed E-state index contributed by atoms with van der Waals surface area (Å²) in [6.07, 6.45) is -0.536. The second kappa shape index (κ2) is 8.10. The van der Waals surface area contributed by atoms with Crippen LogP contribution in [0.3, 0.4) is 0 Å². The molecule has 6 nitrogen and oxygen atoms in total. The molecule has 2 rings (SSSR count). The molecule has 1 amide bonds. The van der Waals surface area contributed by atoms with Crippen LogP contribution in [0.1, 0.15) is 21.5 Å². The van der Waals surface area contributed by atoms with Gasteiger partial charge in [-0.05, 0) is 61.4 Å². The molecular weight excluding hydrogens is 390 g/mol. The third kappa shape index (κ3) is 5.08. The van der Waals surface area contributed by atoms with Gasteiger partial charge in [0.05, 0.1) is 4.90 Å². The summed E-state index contributed by atoms with van der Waals surface area (Å²) in [7, 11) is -0.667. The van der Waals surface area contributed by atoms with Crippen LogP contribution in [0.4, 0.5) is 4.79 Å². The van der Waals surface area contributed by atoms with E-state index < -0.39 is 27.5 Å². The summed E-state index contributed by atoms with van der Waals surface area (Å²) in [6, 6.07) is 8.69. The smallest absolute Gasteiger partial charge is 0.410 e. The van der Waals surface area contributed by atoms with Crippen LogP contribution in [-0.2, 0) is 9.84 Å². The van der Waals surface area contributed by atoms with Crippen molar-refractivity contribution in [3.8, 4) is 5.75 Å². The van der Waals surface area contributed by atoms with E-state index >= 15 is 0 Å². The second-order valence-electron chi connectivity index (χ2n) is 6.34. The average molecular weight is 410 g/mol. The lowest BCUT2D eigenvalue weighted by Gasteiger charge is -2.15. The molecule has 0 radical (unpaired) electrons. The average Bonchev–Trinajstić information content (AvgIpc) is 2.57. The summed E-state index contributed by atoms with van der Waals surface area (Å²) in [4.78, 5) is 25.6. The molecule has 0 aliphatic heterocycles. The van der Waals surface area contributed by atoms with Crippen LogP contribution in [0, 0.1) is 13.8 Å². The Morgan fingerprint density at radius 1 is 1.04 bits per heavy atom. The SMILES string of the molecule is Cc1cc(C(=O)CS(=O)(=O)c2ccc(Cl)cc2)cc(C)c1OC(=O)N(C)C. The molecule has 0 aromatic heterocycles. The predicted molar refractivity (Wildman–Crippen MR) is 103 cm³/mol. The van der Waals surface area contributed by atoms with Crippen molar-refractivity contribution in [2.24, 2.45) is 0 Å². The molecule has 2 aromatic carbocycles. The molecular formula is C19H20ClNO5S. The first-order chi connectivity index (χ1) is 12.5. The summed E-state index contributed by atoms with van der Waals surface area (Å²) >= 11 is 5.77. The summed E-state index contributed by atoms with van der Waals surface area (Å²) in [5.41, 5.74) is 1.38. The Balaban J connectivity index is 2.26. The highest BCUT2D eigenvalue weighted by molar-refractivity contribution is 7.92. The van der Waals surface area contributed by atoms with Gasteiger partial charge in [-0.25, -0.2) is 13.2 Å². The van der Waals surface area contributed by atoms with Crippen molar-refractivity contribution >= 4 is 33.3 Å². The zero-order chi connectivity index (χ0) is 20.4. The lowest BCUT2D eigenvalue weighted by Crippen LogP contribution is -2.26. The third-order valence-corrected chi connectivity index (χ3v) is 5.72. The number of hydrogen-bond acceptors (Lipinski definition) is 5. The molecule has 0 spiro atoms. The van der Waals surface area contributed by atoms with Gasteiger partial charge in [0.2, 0.25) is 0 Å². The molecule has 0 aliphatic rings. The fourth-order valence-electron chi connectivity index (χ4n) is 2.43. The van der Waals surface area contributed by atoms with Crippen molar-refractivity contribution in [1.29, 1.82) is 0 Å². The van der Waals surface area contributed by atoms with Gasteiger partial charge in [0.1, 0.15) is 11.5 Å². The molecule has 144 valence electrons. The molecule has 0 fully saturated rings. The van der Waals surface area contributed by atoms with Crippen LogP contribution in [0.25, 0.3) is 0 Å². The van der Waals surface area contributed by atoms with Gasteiger partial charge in [0.25, 0.3) is 0 Å². The number of Topliss-reactive ketones (excluding diaryl/α,β-unsaturated/α-hetero) is 1. The van der Waals surface area contributed by atoms with E-state index in [0.717, 1.165) is 0 Å². The van der Waals surface area contributed by atoms with Gasteiger partial charge in [0, 0.05) is 24.7 Å². The van der Waals surface area contributed by atoms with Gasteiger partial charge in [-0.1, -0.05) is 11.6 Å². The summed E-state index contributed by atoms with van der Waals surface area (Å²) < 4.78 is 30.2. The van der Waals surface area contributed by atoms with Crippen molar-refractivity contribution in [2.75, 3.05) is 19.8 Å². The summed E-state index contributed by atoms with van der Waals surface area (Å²) in [6.45, 7) is 3.38. The Kier molecular flexibility index (Phi) is 6.28. The fraction of sp³-hybridized carbons (Fsp3) is 0.263. The van der Waals surface area contributed by atoms with Gasteiger partial charge < -0.3 is 9.64 Å². The van der Waals surface area contributed by atoms with Crippen molar-refractivity contribution < 1.29 is 22.7 Å². The van der Waals surface area contributed by atoms with E-state index in [4.69, 9.17) is 16.3 Å². The maximum Gasteiger partial charge on any atom is 0.414 e. The molecule has 0 heterocycles.